The zero-order valence-corrected chi connectivity index (χ0v) is 11.5. The molecule has 1 aliphatic heterocycles. The van der Waals surface area contributed by atoms with E-state index in [-0.39, 0.29) is 10.6 Å². The number of hydrogen-bond acceptors (Lipinski definition) is 4. The van der Waals surface area contributed by atoms with Gasteiger partial charge in [-0.3, -0.25) is 10.1 Å². The molecule has 0 radical (unpaired) electrons. The first-order valence-corrected chi connectivity index (χ1v) is 6.71. The predicted molar refractivity (Wildman–Crippen MR) is 72.8 cm³/mol. The van der Waals surface area contributed by atoms with Crippen molar-refractivity contribution in [3.63, 3.8) is 0 Å². The van der Waals surface area contributed by atoms with E-state index in [1.54, 1.807) is 12.1 Å². The third kappa shape index (κ3) is 3.43. The Labute approximate surface area is 114 Å². The van der Waals surface area contributed by atoms with Gasteiger partial charge >= 0.3 is 0 Å². The number of non-ortho nitro benzene ring substituents is 1. The van der Waals surface area contributed by atoms with Crippen LogP contribution in [0.4, 0.5) is 11.4 Å². The summed E-state index contributed by atoms with van der Waals surface area (Å²) in [5.74, 6) is 0.477. The van der Waals surface area contributed by atoms with Crippen molar-refractivity contribution < 1.29 is 9.66 Å². The minimum Gasteiger partial charge on any atom is -0.384 e. The van der Waals surface area contributed by atoms with Crippen LogP contribution in [0, 0.1) is 16.0 Å². The average molecular weight is 315 g/mol. The molecular formula is C12H15BrN2O3. The number of nitrogens with zero attached hydrogens (tertiary/aromatic N) is 1. The number of nitrogens with one attached hydrogen (secondary N) is 1. The summed E-state index contributed by atoms with van der Waals surface area (Å²) < 4.78 is 6.24. The van der Waals surface area contributed by atoms with E-state index >= 15 is 0 Å². The second-order valence-corrected chi connectivity index (χ2v) is 5.24. The normalized spacial score (nSPS) is 19.5. The van der Waals surface area contributed by atoms with Crippen LogP contribution >= 0.6 is 15.9 Å². The Bertz CT molecular complexity index is 433. The van der Waals surface area contributed by atoms with Crippen LogP contribution in [0.2, 0.25) is 0 Å². The highest BCUT2D eigenvalue weighted by Gasteiger charge is 2.15. The summed E-state index contributed by atoms with van der Waals surface area (Å²) in [7, 11) is 0. The van der Waals surface area contributed by atoms with E-state index in [1.807, 2.05) is 0 Å². The van der Waals surface area contributed by atoms with Gasteiger partial charge in [0.15, 0.2) is 0 Å². The first kappa shape index (κ1) is 13.3. The second kappa shape index (κ2) is 6.15. The van der Waals surface area contributed by atoms with Crippen LogP contribution < -0.4 is 5.32 Å². The fraction of sp³-hybridized carbons (Fsp3) is 0.500. The lowest BCUT2D eigenvalue weighted by atomic mass is 10.0. The Hall–Kier alpha value is -1.14. The molecule has 1 saturated heterocycles. The second-order valence-electron chi connectivity index (χ2n) is 4.39. The largest absolute Gasteiger partial charge is 0.384 e. The van der Waals surface area contributed by atoms with Crippen LogP contribution in [-0.2, 0) is 4.74 Å². The molecule has 1 N–H and O–H groups in total. The summed E-state index contributed by atoms with van der Waals surface area (Å²) in [5.41, 5.74) is 0.857. The summed E-state index contributed by atoms with van der Waals surface area (Å²) >= 11 is 3.39. The van der Waals surface area contributed by atoms with Crippen molar-refractivity contribution >= 4 is 27.3 Å². The van der Waals surface area contributed by atoms with Gasteiger partial charge in [0.2, 0.25) is 0 Å². The van der Waals surface area contributed by atoms with Gasteiger partial charge in [0, 0.05) is 29.8 Å². The van der Waals surface area contributed by atoms with E-state index in [4.69, 9.17) is 4.74 Å². The molecule has 0 amide bonds. The van der Waals surface area contributed by atoms with Gasteiger partial charge in [-0.2, -0.15) is 0 Å². The molecule has 0 spiro atoms. The third-order valence-electron chi connectivity index (χ3n) is 3.00. The molecule has 0 bridgehead atoms. The van der Waals surface area contributed by atoms with Crippen molar-refractivity contribution in [2.45, 2.75) is 12.8 Å². The van der Waals surface area contributed by atoms with E-state index in [0.29, 0.717) is 5.92 Å². The maximum Gasteiger partial charge on any atom is 0.271 e. The molecule has 1 unspecified atom stereocenters. The zero-order valence-electron chi connectivity index (χ0n) is 9.89. The van der Waals surface area contributed by atoms with Gasteiger partial charge in [0.25, 0.3) is 5.69 Å². The molecule has 1 heterocycles. The fourth-order valence-corrected chi connectivity index (χ4v) is 2.37. The predicted octanol–water partition coefficient (Wildman–Crippen LogP) is 3.20. The molecule has 6 heteroatoms. The van der Waals surface area contributed by atoms with Crippen molar-refractivity contribution in [3.05, 3.63) is 32.8 Å². The molecule has 18 heavy (non-hydrogen) atoms. The maximum absolute atomic E-state index is 10.7. The van der Waals surface area contributed by atoms with Gasteiger partial charge in [-0.15, -0.1) is 0 Å². The van der Waals surface area contributed by atoms with Crippen molar-refractivity contribution in [1.82, 2.24) is 0 Å². The number of rotatable bonds is 4. The van der Waals surface area contributed by atoms with Gasteiger partial charge < -0.3 is 10.1 Å². The summed E-state index contributed by atoms with van der Waals surface area (Å²) in [5, 5.41) is 14.0. The van der Waals surface area contributed by atoms with Crippen LogP contribution in [0.5, 0.6) is 0 Å². The highest BCUT2D eigenvalue weighted by Crippen LogP contribution is 2.27. The van der Waals surface area contributed by atoms with E-state index in [2.05, 4.69) is 21.2 Å². The van der Waals surface area contributed by atoms with Gasteiger partial charge in [0.05, 0.1) is 17.2 Å². The van der Waals surface area contributed by atoms with Crippen LogP contribution in [0.25, 0.3) is 0 Å². The van der Waals surface area contributed by atoms with E-state index in [9.17, 15) is 10.1 Å². The monoisotopic (exact) mass is 314 g/mol. The zero-order chi connectivity index (χ0) is 13.0. The first-order chi connectivity index (χ1) is 8.66. The topological polar surface area (TPSA) is 64.4 Å². The molecule has 2 rings (SSSR count). The van der Waals surface area contributed by atoms with Crippen molar-refractivity contribution in [2.75, 3.05) is 25.1 Å². The number of halogens is 1. The minimum absolute atomic E-state index is 0.0978. The fourth-order valence-electron chi connectivity index (χ4n) is 1.98. The molecular weight excluding hydrogens is 300 g/mol. The lowest BCUT2D eigenvalue weighted by molar-refractivity contribution is -0.384. The number of hydrogen-bond donors (Lipinski definition) is 1. The van der Waals surface area contributed by atoms with E-state index in [0.717, 1.165) is 42.8 Å². The van der Waals surface area contributed by atoms with Crippen LogP contribution in [-0.4, -0.2) is 24.7 Å². The summed E-state index contributed by atoms with van der Waals surface area (Å²) in [4.78, 5) is 10.3. The van der Waals surface area contributed by atoms with Crippen molar-refractivity contribution in [2.24, 2.45) is 5.92 Å². The number of anilines is 1. The molecule has 0 aliphatic carbocycles. The van der Waals surface area contributed by atoms with Crippen LogP contribution in [0.15, 0.2) is 22.7 Å². The first-order valence-electron chi connectivity index (χ1n) is 5.92. The molecule has 1 aromatic carbocycles. The van der Waals surface area contributed by atoms with E-state index < -0.39 is 0 Å². The number of ether oxygens (including phenoxy) is 1. The Kier molecular flexibility index (Phi) is 4.54. The minimum atomic E-state index is -0.388. The van der Waals surface area contributed by atoms with Gasteiger partial charge in [-0.1, -0.05) is 0 Å². The van der Waals surface area contributed by atoms with Crippen molar-refractivity contribution in [1.29, 1.82) is 0 Å². The Morgan fingerprint density at radius 3 is 3.06 bits per heavy atom. The Balaban J connectivity index is 1.99. The van der Waals surface area contributed by atoms with E-state index in [1.165, 1.54) is 6.07 Å². The molecule has 1 fully saturated rings. The Morgan fingerprint density at radius 2 is 2.39 bits per heavy atom. The summed E-state index contributed by atoms with van der Waals surface area (Å²) in [6.07, 6.45) is 2.22. The lowest BCUT2D eigenvalue weighted by Gasteiger charge is -2.22. The lowest BCUT2D eigenvalue weighted by Crippen LogP contribution is -2.24. The molecule has 1 aliphatic rings. The van der Waals surface area contributed by atoms with Crippen molar-refractivity contribution in [3.8, 4) is 0 Å². The molecule has 1 atom stereocenters. The molecule has 5 nitrogen and oxygen atoms in total. The standard InChI is InChI=1S/C12H15BrN2O3/c13-11-4-3-10(15(16)17)6-12(11)14-7-9-2-1-5-18-8-9/h3-4,6,9,14H,1-2,5,7-8H2. The summed E-state index contributed by atoms with van der Waals surface area (Å²) in [6, 6.07) is 4.73. The molecule has 1 aromatic rings. The third-order valence-corrected chi connectivity index (χ3v) is 3.69. The quantitative estimate of drug-likeness (QED) is 0.684. The Morgan fingerprint density at radius 1 is 1.56 bits per heavy atom. The highest BCUT2D eigenvalue weighted by atomic mass is 79.9. The van der Waals surface area contributed by atoms with Crippen LogP contribution in [0.3, 0.4) is 0 Å². The molecule has 0 aromatic heterocycles. The number of benzene rings is 1. The number of nitro groups is 1. The average Bonchev–Trinajstić information content (AvgIpc) is 2.38. The number of nitro benzene ring substituents is 1. The molecule has 98 valence electrons. The maximum atomic E-state index is 10.7. The van der Waals surface area contributed by atoms with Gasteiger partial charge in [0.1, 0.15) is 0 Å². The SMILES string of the molecule is O=[N+]([O-])c1ccc(Br)c(NCC2CCCOC2)c1. The van der Waals surface area contributed by atoms with Crippen LogP contribution in [0.1, 0.15) is 12.8 Å². The smallest absolute Gasteiger partial charge is 0.271 e. The van der Waals surface area contributed by atoms with Gasteiger partial charge in [-0.05, 0) is 40.8 Å². The highest BCUT2D eigenvalue weighted by molar-refractivity contribution is 9.10. The summed E-state index contributed by atoms with van der Waals surface area (Å²) in [6.45, 7) is 2.39. The molecule has 0 saturated carbocycles. The van der Waals surface area contributed by atoms with Gasteiger partial charge in [-0.25, -0.2) is 0 Å².